The number of para-hydroxylation sites is 2. The molecule has 0 saturated heterocycles. The van der Waals surface area contributed by atoms with Crippen molar-refractivity contribution in [3.63, 3.8) is 0 Å². The highest BCUT2D eigenvalue weighted by atomic mass is 32.2. The number of benzene rings is 2. The molecule has 3 aromatic rings. The van der Waals surface area contributed by atoms with Gasteiger partial charge < -0.3 is 4.74 Å². The molecule has 1 heterocycles. The van der Waals surface area contributed by atoms with Gasteiger partial charge in [0.2, 0.25) is 10.0 Å². The maximum atomic E-state index is 13.6. The zero-order valence-electron chi connectivity index (χ0n) is 17.4. The second kappa shape index (κ2) is 9.70. The molecule has 0 radical (unpaired) electrons. The molecule has 1 unspecified atom stereocenters. The molecular formula is C21H22F3N3O4S. The summed E-state index contributed by atoms with van der Waals surface area (Å²) in [5.74, 6) is -1.30. The smallest absolute Gasteiger partial charge is 0.320 e. The molecule has 3 rings (SSSR count). The third-order valence-electron chi connectivity index (χ3n) is 4.87. The lowest BCUT2D eigenvalue weighted by Crippen LogP contribution is -2.28. The molecule has 0 aliphatic rings. The molecule has 2 aromatic carbocycles. The first-order valence-electron chi connectivity index (χ1n) is 9.77. The predicted molar refractivity (Wildman–Crippen MR) is 111 cm³/mol. The van der Waals surface area contributed by atoms with Crippen LogP contribution >= 0.6 is 0 Å². The number of fused-ring (bicyclic) bond motifs is 1. The van der Waals surface area contributed by atoms with Gasteiger partial charge in [0.05, 0.1) is 15.9 Å². The van der Waals surface area contributed by atoms with Gasteiger partial charge in [-0.2, -0.15) is 8.78 Å². The third kappa shape index (κ3) is 5.10. The van der Waals surface area contributed by atoms with Crippen LogP contribution in [0.25, 0.3) is 11.0 Å². The summed E-state index contributed by atoms with van der Waals surface area (Å²) in [6.45, 7) is -1.40. The molecule has 1 atom stereocenters. The zero-order valence-corrected chi connectivity index (χ0v) is 18.2. The van der Waals surface area contributed by atoms with Gasteiger partial charge in [-0.05, 0) is 49.7 Å². The van der Waals surface area contributed by atoms with Gasteiger partial charge in [-0.25, -0.2) is 22.1 Å². The SMILES string of the molecule is CC(OC(=O)CCCN(C)S(=O)(=O)c1ccc(F)cc1)c1nc2ccccc2n1C(F)F. The Morgan fingerprint density at radius 1 is 1.16 bits per heavy atom. The van der Waals surface area contributed by atoms with Gasteiger partial charge in [-0.3, -0.25) is 9.36 Å². The van der Waals surface area contributed by atoms with E-state index in [0.29, 0.717) is 5.52 Å². The average molecular weight is 469 g/mol. The molecule has 0 aliphatic carbocycles. The first-order chi connectivity index (χ1) is 15.1. The minimum absolute atomic E-state index is 0.0126. The van der Waals surface area contributed by atoms with Crippen molar-refractivity contribution in [1.82, 2.24) is 13.9 Å². The lowest BCUT2D eigenvalue weighted by atomic mass is 10.3. The normalized spacial score (nSPS) is 13.1. The van der Waals surface area contributed by atoms with E-state index in [1.807, 2.05) is 0 Å². The Hall–Kier alpha value is -2.92. The van der Waals surface area contributed by atoms with E-state index >= 15 is 0 Å². The summed E-state index contributed by atoms with van der Waals surface area (Å²) >= 11 is 0. The van der Waals surface area contributed by atoms with Crippen molar-refractivity contribution in [2.75, 3.05) is 13.6 Å². The lowest BCUT2D eigenvalue weighted by molar-refractivity contribution is -0.149. The van der Waals surface area contributed by atoms with Crippen LogP contribution in [0.1, 0.15) is 38.2 Å². The summed E-state index contributed by atoms with van der Waals surface area (Å²) in [5.41, 5.74) is 0.589. The molecule has 11 heteroatoms. The van der Waals surface area contributed by atoms with Gasteiger partial charge in [0.25, 0.3) is 0 Å². The summed E-state index contributed by atoms with van der Waals surface area (Å²) in [6, 6.07) is 10.8. The topological polar surface area (TPSA) is 81.5 Å². The number of aromatic nitrogens is 2. The second-order valence-electron chi connectivity index (χ2n) is 7.12. The van der Waals surface area contributed by atoms with Crippen molar-refractivity contribution in [2.24, 2.45) is 0 Å². The zero-order chi connectivity index (χ0) is 23.5. The Balaban J connectivity index is 1.59. The van der Waals surface area contributed by atoms with E-state index in [2.05, 4.69) is 4.98 Å². The number of halogens is 3. The summed E-state index contributed by atoms with van der Waals surface area (Å²) < 4.78 is 72.1. The molecule has 0 fully saturated rings. The molecular weight excluding hydrogens is 447 g/mol. The third-order valence-corrected chi connectivity index (χ3v) is 6.74. The Morgan fingerprint density at radius 2 is 1.81 bits per heavy atom. The van der Waals surface area contributed by atoms with Gasteiger partial charge in [-0.1, -0.05) is 12.1 Å². The van der Waals surface area contributed by atoms with Crippen LogP contribution in [0.3, 0.4) is 0 Å². The van der Waals surface area contributed by atoms with Crippen molar-refractivity contribution >= 4 is 27.0 Å². The number of hydrogen-bond acceptors (Lipinski definition) is 5. The van der Waals surface area contributed by atoms with Crippen molar-refractivity contribution in [2.45, 2.75) is 37.3 Å². The Bertz CT molecular complexity index is 1200. The highest BCUT2D eigenvalue weighted by Gasteiger charge is 2.25. The second-order valence-corrected chi connectivity index (χ2v) is 9.17. The Kier molecular flexibility index (Phi) is 7.19. The van der Waals surface area contributed by atoms with E-state index in [1.165, 1.54) is 20.0 Å². The summed E-state index contributed by atoms with van der Waals surface area (Å²) in [6.07, 6.45) is -0.999. The Labute approximate surface area is 183 Å². The number of esters is 1. The van der Waals surface area contributed by atoms with Crippen LogP contribution in [0.5, 0.6) is 0 Å². The Morgan fingerprint density at radius 3 is 2.47 bits per heavy atom. The quantitative estimate of drug-likeness (QED) is 0.437. The van der Waals surface area contributed by atoms with E-state index < -0.39 is 34.5 Å². The molecule has 32 heavy (non-hydrogen) atoms. The van der Waals surface area contributed by atoms with Crippen LogP contribution in [-0.2, 0) is 19.6 Å². The molecule has 0 N–H and O–H groups in total. The molecule has 0 spiro atoms. The molecule has 172 valence electrons. The first kappa shape index (κ1) is 23.7. The fourth-order valence-electron chi connectivity index (χ4n) is 3.22. The fourth-order valence-corrected chi connectivity index (χ4v) is 4.43. The van der Waals surface area contributed by atoms with Gasteiger partial charge in [-0.15, -0.1) is 0 Å². The molecule has 0 amide bonds. The van der Waals surface area contributed by atoms with Gasteiger partial charge in [0, 0.05) is 20.0 Å². The average Bonchev–Trinajstić information content (AvgIpc) is 3.14. The van der Waals surface area contributed by atoms with Crippen molar-refractivity contribution in [3.05, 3.63) is 60.2 Å². The monoisotopic (exact) mass is 469 g/mol. The van der Waals surface area contributed by atoms with Crippen LogP contribution in [0.15, 0.2) is 53.4 Å². The molecule has 0 saturated carbocycles. The fraction of sp³-hybridized carbons (Fsp3) is 0.333. The number of carbonyl (C=O) groups is 1. The highest BCUT2D eigenvalue weighted by Crippen LogP contribution is 2.28. The van der Waals surface area contributed by atoms with E-state index in [0.717, 1.165) is 33.1 Å². The number of ether oxygens (including phenoxy) is 1. The van der Waals surface area contributed by atoms with Crippen molar-refractivity contribution in [3.8, 4) is 0 Å². The summed E-state index contributed by atoms with van der Waals surface area (Å²) in [4.78, 5) is 16.3. The first-order valence-corrected chi connectivity index (χ1v) is 11.2. The van der Waals surface area contributed by atoms with Crippen LogP contribution in [-0.4, -0.2) is 41.8 Å². The maximum absolute atomic E-state index is 13.6. The highest BCUT2D eigenvalue weighted by molar-refractivity contribution is 7.89. The van der Waals surface area contributed by atoms with Gasteiger partial charge in [0.15, 0.2) is 11.9 Å². The molecule has 0 aliphatic heterocycles. The van der Waals surface area contributed by atoms with E-state index in [-0.39, 0.29) is 35.6 Å². The number of hydrogen-bond donors (Lipinski definition) is 0. The minimum atomic E-state index is -3.83. The van der Waals surface area contributed by atoms with Gasteiger partial charge >= 0.3 is 12.5 Å². The maximum Gasteiger partial charge on any atom is 0.320 e. The number of imidazole rings is 1. The molecule has 0 bridgehead atoms. The minimum Gasteiger partial charge on any atom is -0.454 e. The number of alkyl halides is 2. The van der Waals surface area contributed by atoms with E-state index in [9.17, 15) is 26.4 Å². The van der Waals surface area contributed by atoms with Crippen LogP contribution in [0.4, 0.5) is 13.2 Å². The summed E-state index contributed by atoms with van der Waals surface area (Å²) in [5, 5.41) is 0. The van der Waals surface area contributed by atoms with Crippen LogP contribution in [0, 0.1) is 5.82 Å². The standard InChI is InChI=1S/C21H22F3N3O4S/c1-14(20-25-17-6-3-4-7-18(17)27(20)21(23)24)31-19(28)8-5-13-26(2)32(29,30)16-11-9-15(22)10-12-16/h3-4,6-7,9-12,14,21H,5,8,13H2,1-2H3. The number of nitrogens with zero attached hydrogens (tertiary/aromatic N) is 3. The van der Waals surface area contributed by atoms with Crippen LogP contribution < -0.4 is 0 Å². The largest absolute Gasteiger partial charge is 0.454 e. The molecule has 7 nitrogen and oxygen atoms in total. The van der Waals surface area contributed by atoms with E-state index in [4.69, 9.17) is 4.74 Å². The molecule has 1 aromatic heterocycles. The lowest BCUT2D eigenvalue weighted by Gasteiger charge is -2.18. The van der Waals surface area contributed by atoms with Gasteiger partial charge in [0.1, 0.15) is 5.82 Å². The summed E-state index contributed by atoms with van der Waals surface area (Å²) in [7, 11) is -2.49. The number of rotatable bonds is 9. The van der Waals surface area contributed by atoms with Crippen molar-refractivity contribution < 1.29 is 31.1 Å². The van der Waals surface area contributed by atoms with E-state index in [1.54, 1.807) is 18.2 Å². The predicted octanol–water partition coefficient (Wildman–Crippen LogP) is 4.28. The van der Waals surface area contributed by atoms with Crippen LogP contribution in [0.2, 0.25) is 0 Å². The number of sulfonamides is 1. The number of carbonyl (C=O) groups excluding carboxylic acids is 1. The van der Waals surface area contributed by atoms with Crippen molar-refractivity contribution in [1.29, 1.82) is 0 Å².